The lowest BCUT2D eigenvalue weighted by Crippen LogP contribution is -2.38. The van der Waals surface area contributed by atoms with Crippen molar-refractivity contribution in [1.29, 1.82) is 0 Å². The van der Waals surface area contributed by atoms with Crippen molar-refractivity contribution in [3.05, 3.63) is 99.8 Å². The Morgan fingerprint density at radius 1 is 1.09 bits per heavy atom. The van der Waals surface area contributed by atoms with E-state index < -0.39 is 5.69 Å². The van der Waals surface area contributed by atoms with E-state index >= 15 is 0 Å². The molecule has 0 aliphatic carbocycles. The van der Waals surface area contributed by atoms with Gasteiger partial charge in [-0.15, -0.1) is 11.3 Å². The summed E-state index contributed by atoms with van der Waals surface area (Å²) >= 11 is 7.98. The summed E-state index contributed by atoms with van der Waals surface area (Å²) in [5.74, 6) is -0.311. The molecule has 1 aromatic carbocycles. The number of thiazole rings is 1. The molecule has 1 N–H and O–H groups in total. The van der Waals surface area contributed by atoms with Crippen LogP contribution >= 0.6 is 43.2 Å². The van der Waals surface area contributed by atoms with Crippen LogP contribution in [-0.4, -0.2) is 19.9 Å². The van der Waals surface area contributed by atoms with Gasteiger partial charge in [0.1, 0.15) is 9.71 Å². The van der Waals surface area contributed by atoms with Crippen molar-refractivity contribution in [2.24, 2.45) is 0 Å². The number of nitrogens with zero attached hydrogens (tertiary/aromatic N) is 3. The molecule has 4 rings (SSSR count). The number of nitrogens with one attached hydrogen (secondary N) is 1. The molecule has 0 radical (unpaired) electrons. The number of carbonyl (C=O) groups excluding carboxylic acids is 1. The molecule has 3 aromatic heterocycles. The lowest BCUT2D eigenvalue weighted by Gasteiger charge is -2.08. The Hall–Kier alpha value is -2.56. The molecule has 3 heterocycles. The van der Waals surface area contributed by atoms with E-state index in [-0.39, 0.29) is 18.0 Å². The fourth-order valence-corrected chi connectivity index (χ4v) is 4.88. The Kier molecular flexibility index (Phi) is 6.45. The summed E-state index contributed by atoms with van der Waals surface area (Å²) in [6.07, 6.45) is 3.20. The van der Waals surface area contributed by atoms with Gasteiger partial charge in [-0.3, -0.25) is 23.5 Å². The minimum absolute atomic E-state index is 0.130. The summed E-state index contributed by atoms with van der Waals surface area (Å²) in [6, 6.07) is 9.33. The van der Waals surface area contributed by atoms with Gasteiger partial charge in [-0.2, -0.15) is 0 Å². The van der Waals surface area contributed by atoms with Crippen LogP contribution in [0.4, 0.5) is 0 Å². The molecule has 0 fully saturated rings. The highest BCUT2D eigenvalue weighted by Gasteiger charge is 2.18. The predicted molar refractivity (Wildman–Crippen MR) is 132 cm³/mol. The second-order valence-electron chi connectivity index (χ2n) is 7.31. The molecule has 0 saturated heterocycles. The standard InChI is InChI=1S/C22H18Br2N4O3S/c1-12-3-4-15(8-25-12)9-26-19(29)18-11-28-21(32-18)13(2)20(30)27(22(28)31)10-14-5-6-16(23)17(24)7-14/h3-8,11H,9-10H2,1-2H3,(H,26,29). The Balaban J connectivity index is 1.65. The molecule has 164 valence electrons. The van der Waals surface area contributed by atoms with Gasteiger partial charge in [0.05, 0.1) is 6.54 Å². The fourth-order valence-electron chi connectivity index (χ4n) is 3.20. The van der Waals surface area contributed by atoms with E-state index in [0.717, 1.165) is 37.1 Å². The number of halogens is 2. The molecule has 0 unspecified atom stereocenters. The monoisotopic (exact) mass is 576 g/mol. The summed E-state index contributed by atoms with van der Waals surface area (Å²) in [5.41, 5.74) is 2.16. The molecule has 0 saturated carbocycles. The van der Waals surface area contributed by atoms with Gasteiger partial charge >= 0.3 is 5.69 Å². The Labute approximate surface area is 204 Å². The zero-order valence-corrected chi connectivity index (χ0v) is 21.2. The molecule has 0 bridgehead atoms. The predicted octanol–water partition coefficient (Wildman–Crippen LogP) is 4.04. The van der Waals surface area contributed by atoms with Gasteiger partial charge in [0.15, 0.2) is 0 Å². The zero-order valence-electron chi connectivity index (χ0n) is 17.2. The van der Waals surface area contributed by atoms with Gasteiger partial charge in [-0.1, -0.05) is 12.1 Å². The highest BCUT2D eigenvalue weighted by atomic mass is 79.9. The molecule has 32 heavy (non-hydrogen) atoms. The van der Waals surface area contributed by atoms with Crippen LogP contribution in [0.25, 0.3) is 4.83 Å². The third-order valence-corrected chi connectivity index (χ3v) is 8.06. The molecular weight excluding hydrogens is 560 g/mol. The highest BCUT2D eigenvalue weighted by molar-refractivity contribution is 9.13. The third-order valence-electron chi connectivity index (χ3n) is 4.97. The average Bonchev–Trinajstić information content (AvgIpc) is 3.23. The van der Waals surface area contributed by atoms with E-state index in [1.165, 1.54) is 15.2 Å². The van der Waals surface area contributed by atoms with E-state index in [0.29, 0.717) is 21.8 Å². The second-order valence-corrected chi connectivity index (χ2v) is 10.0. The molecule has 7 nitrogen and oxygen atoms in total. The van der Waals surface area contributed by atoms with Gasteiger partial charge < -0.3 is 5.32 Å². The molecule has 0 spiro atoms. The first kappa shape index (κ1) is 22.6. The number of rotatable bonds is 5. The van der Waals surface area contributed by atoms with E-state index in [4.69, 9.17) is 0 Å². The first-order chi connectivity index (χ1) is 15.2. The minimum atomic E-state index is -0.479. The van der Waals surface area contributed by atoms with Crippen LogP contribution in [0.15, 0.2) is 61.3 Å². The van der Waals surface area contributed by atoms with Crippen LogP contribution in [0.3, 0.4) is 0 Å². The van der Waals surface area contributed by atoms with Crippen LogP contribution in [-0.2, 0) is 13.1 Å². The van der Waals surface area contributed by atoms with Gasteiger partial charge in [-0.05, 0) is 75.0 Å². The van der Waals surface area contributed by atoms with Crippen molar-refractivity contribution >= 4 is 53.9 Å². The molecule has 1 amide bonds. The number of pyridine rings is 1. The third kappa shape index (κ3) is 4.48. The summed E-state index contributed by atoms with van der Waals surface area (Å²) < 4.78 is 4.27. The maximum atomic E-state index is 13.1. The number of amides is 1. The fraction of sp³-hybridized carbons (Fsp3) is 0.182. The SMILES string of the molecule is Cc1ccc(CNC(=O)c2cn3c(=O)n(Cc4ccc(Br)c(Br)c4)c(=O)c(C)c3s2)cn1. The summed E-state index contributed by atoms with van der Waals surface area (Å²) in [6.45, 7) is 4.01. The van der Waals surface area contributed by atoms with Gasteiger partial charge in [0.25, 0.3) is 11.5 Å². The lowest BCUT2D eigenvalue weighted by molar-refractivity contribution is 0.0954. The maximum absolute atomic E-state index is 13.1. The first-order valence-electron chi connectivity index (χ1n) is 9.64. The molecule has 4 aromatic rings. The molecule has 0 aliphatic rings. The normalized spacial score (nSPS) is 11.1. The van der Waals surface area contributed by atoms with Crippen molar-refractivity contribution < 1.29 is 4.79 Å². The molecule has 0 atom stereocenters. The van der Waals surface area contributed by atoms with E-state index in [9.17, 15) is 14.4 Å². The van der Waals surface area contributed by atoms with Crippen LogP contribution in [0, 0.1) is 13.8 Å². The van der Waals surface area contributed by atoms with Crippen molar-refractivity contribution in [3.63, 3.8) is 0 Å². The number of hydrogen-bond donors (Lipinski definition) is 1. The molecular formula is C22H18Br2N4O3S. The van der Waals surface area contributed by atoms with Crippen LogP contribution in [0.5, 0.6) is 0 Å². The minimum Gasteiger partial charge on any atom is -0.347 e. The lowest BCUT2D eigenvalue weighted by atomic mass is 10.2. The van der Waals surface area contributed by atoms with Crippen LogP contribution < -0.4 is 16.6 Å². The largest absolute Gasteiger partial charge is 0.347 e. The quantitative estimate of drug-likeness (QED) is 0.388. The highest BCUT2D eigenvalue weighted by Crippen LogP contribution is 2.24. The van der Waals surface area contributed by atoms with Gasteiger partial charge in [-0.25, -0.2) is 4.79 Å². The Morgan fingerprint density at radius 2 is 1.84 bits per heavy atom. The van der Waals surface area contributed by atoms with Crippen molar-refractivity contribution in [1.82, 2.24) is 19.3 Å². The number of aromatic nitrogens is 3. The van der Waals surface area contributed by atoms with Crippen molar-refractivity contribution in [2.45, 2.75) is 26.9 Å². The van der Waals surface area contributed by atoms with E-state index in [2.05, 4.69) is 42.2 Å². The number of aryl methyl sites for hydroxylation is 2. The average molecular weight is 578 g/mol. The van der Waals surface area contributed by atoms with E-state index in [1.54, 1.807) is 13.1 Å². The zero-order chi connectivity index (χ0) is 23.0. The van der Waals surface area contributed by atoms with Gasteiger partial charge in [0, 0.05) is 39.1 Å². The number of hydrogen-bond acceptors (Lipinski definition) is 5. The summed E-state index contributed by atoms with van der Waals surface area (Å²) in [5, 5.41) is 2.84. The summed E-state index contributed by atoms with van der Waals surface area (Å²) in [4.78, 5) is 43.7. The first-order valence-corrected chi connectivity index (χ1v) is 12.0. The van der Waals surface area contributed by atoms with Gasteiger partial charge in [0.2, 0.25) is 0 Å². The van der Waals surface area contributed by atoms with E-state index in [1.807, 2.05) is 37.3 Å². The Morgan fingerprint density at radius 3 is 2.53 bits per heavy atom. The molecule has 10 heteroatoms. The van der Waals surface area contributed by atoms with Crippen molar-refractivity contribution in [2.75, 3.05) is 0 Å². The van der Waals surface area contributed by atoms with Crippen molar-refractivity contribution in [3.8, 4) is 0 Å². The number of benzene rings is 1. The van der Waals surface area contributed by atoms with Crippen LogP contribution in [0.1, 0.15) is 32.1 Å². The smallest absolute Gasteiger partial charge is 0.336 e. The topological polar surface area (TPSA) is 85.5 Å². The molecule has 0 aliphatic heterocycles. The van der Waals surface area contributed by atoms with Crippen LogP contribution in [0.2, 0.25) is 0 Å². The summed E-state index contributed by atoms with van der Waals surface area (Å²) in [7, 11) is 0. The number of fused-ring (bicyclic) bond motifs is 1. The Bertz CT molecular complexity index is 1460. The number of carbonyl (C=O) groups is 1. The maximum Gasteiger partial charge on any atom is 0.336 e. The second kappa shape index (κ2) is 9.13.